The van der Waals surface area contributed by atoms with Crippen molar-refractivity contribution in [1.82, 2.24) is 0 Å². The molecule has 3 atom stereocenters. The minimum atomic E-state index is -1.96. The van der Waals surface area contributed by atoms with E-state index >= 15 is 0 Å². The first-order chi connectivity index (χ1) is 11.6. The molecular formula is C18H16Cl8. The molecule has 3 unspecified atom stereocenters. The van der Waals surface area contributed by atoms with E-state index in [4.69, 9.17) is 92.8 Å². The average Bonchev–Trinajstić information content (AvgIpc) is 2.64. The highest BCUT2D eigenvalue weighted by atomic mass is 35.5. The van der Waals surface area contributed by atoms with E-state index in [1.165, 1.54) is 0 Å². The van der Waals surface area contributed by atoms with Crippen molar-refractivity contribution in [2.24, 2.45) is 5.41 Å². The standard InChI is InChI=1S/C18H16Cl8/c1-13(2)14(3,10-7-5-4-6-8-10)11-9-12(19)16(21,22)18(25,26)15(11,20)17(13,23)24/h4-9,12H,1-3H3. The van der Waals surface area contributed by atoms with Gasteiger partial charge in [-0.15, -0.1) is 23.2 Å². The van der Waals surface area contributed by atoms with E-state index in [-0.39, 0.29) is 0 Å². The molecular weight excluding hydrogens is 500 g/mol. The van der Waals surface area contributed by atoms with Gasteiger partial charge >= 0.3 is 0 Å². The minimum Gasteiger partial charge on any atom is -0.115 e. The SMILES string of the molecule is CC1(c2ccccc2)C2=CC(Cl)C(Cl)(Cl)C(Cl)(Cl)C2(Cl)C(Cl)(Cl)C1(C)C. The van der Waals surface area contributed by atoms with Crippen LogP contribution in [0.1, 0.15) is 26.3 Å². The van der Waals surface area contributed by atoms with Crippen LogP contribution in [0.15, 0.2) is 42.0 Å². The van der Waals surface area contributed by atoms with Gasteiger partial charge in [0.1, 0.15) is 9.21 Å². The third-order valence-electron chi connectivity index (χ3n) is 6.24. The third kappa shape index (κ3) is 2.20. The fraction of sp³-hybridized carbons (Fsp3) is 0.556. The number of halogens is 8. The van der Waals surface area contributed by atoms with E-state index < -0.39 is 34.1 Å². The van der Waals surface area contributed by atoms with E-state index in [1.807, 2.05) is 51.1 Å². The van der Waals surface area contributed by atoms with Crippen molar-refractivity contribution < 1.29 is 0 Å². The molecule has 0 nitrogen and oxygen atoms in total. The fourth-order valence-electron chi connectivity index (χ4n) is 4.18. The number of hydrogen-bond donors (Lipinski definition) is 0. The Morgan fingerprint density at radius 1 is 0.769 bits per heavy atom. The highest BCUT2D eigenvalue weighted by Crippen LogP contribution is 2.79. The second-order valence-electron chi connectivity index (χ2n) is 7.53. The van der Waals surface area contributed by atoms with Crippen LogP contribution < -0.4 is 0 Å². The van der Waals surface area contributed by atoms with Crippen molar-refractivity contribution in [3.8, 4) is 0 Å². The van der Waals surface area contributed by atoms with Gasteiger partial charge in [0.05, 0.1) is 5.38 Å². The first-order valence-corrected chi connectivity index (χ1v) is 10.9. The molecule has 8 heteroatoms. The molecule has 0 saturated heterocycles. The molecule has 3 rings (SSSR count). The summed E-state index contributed by atoms with van der Waals surface area (Å²) in [5.41, 5.74) is 0.0213. The van der Waals surface area contributed by atoms with Gasteiger partial charge in [-0.2, -0.15) is 0 Å². The molecule has 0 amide bonds. The van der Waals surface area contributed by atoms with Gasteiger partial charge in [-0.25, -0.2) is 0 Å². The maximum Gasteiger partial charge on any atom is 0.178 e. The zero-order valence-corrected chi connectivity index (χ0v) is 20.1. The van der Waals surface area contributed by atoms with Crippen LogP contribution in [0, 0.1) is 5.41 Å². The zero-order valence-electron chi connectivity index (χ0n) is 14.1. The zero-order chi connectivity index (χ0) is 20.0. The molecule has 2 aliphatic rings. The molecule has 1 fully saturated rings. The summed E-state index contributed by atoms with van der Waals surface area (Å²) in [7, 11) is 0. The number of fused-ring (bicyclic) bond motifs is 1. The Hall–Kier alpha value is 1.28. The highest BCUT2D eigenvalue weighted by molar-refractivity contribution is 6.70. The summed E-state index contributed by atoms with van der Waals surface area (Å²) in [6, 6.07) is 9.74. The van der Waals surface area contributed by atoms with Crippen molar-refractivity contribution >= 4 is 92.8 Å². The van der Waals surface area contributed by atoms with Crippen LogP contribution in [0.5, 0.6) is 0 Å². The summed E-state index contributed by atoms with van der Waals surface area (Å²) < 4.78 is -5.39. The molecule has 0 bridgehead atoms. The van der Waals surface area contributed by atoms with Crippen molar-refractivity contribution in [2.45, 2.75) is 49.4 Å². The van der Waals surface area contributed by atoms with E-state index in [2.05, 4.69) is 0 Å². The van der Waals surface area contributed by atoms with Crippen molar-refractivity contribution in [1.29, 1.82) is 0 Å². The summed E-state index contributed by atoms with van der Waals surface area (Å²) in [5, 5.41) is -0.899. The quantitative estimate of drug-likeness (QED) is 0.262. The molecule has 1 aromatic rings. The largest absolute Gasteiger partial charge is 0.178 e. The van der Waals surface area contributed by atoms with Crippen LogP contribution in [0.4, 0.5) is 0 Å². The number of hydrogen-bond acceptors (Lipinski definition) is 0. The van der Waals surface area contributed by atoms with E-state index in [1.54, 1.807) is 6.08 Å². The fourth-order valence-corrected chi connectivity index (χ4v) is 7.51. The van der Waals surface area contributed by atoms with E-state index in [9.17, 15) is 0 Å². The van der Waals surface area contributed by atoms with E-state index in [0.29, 0.717) is 5.57 Å². The van der Waals surface area contributed by atoms with Gasteiger partial charge in [-0.3, -0.25) is 0 Å². The Morgan fingerprint density at radius 2 is 1.27 bits per heavy atom. The first kappa shape index (κ1) is 22.0. The topological polar surface area (TPSA) is 0 Å². The van der Waals surface area contributed by atoms with Gasteiger partial charge in [-0.1, -0.05) is 127 Å². The predicted octanol–water partition coefficient (Wildman–Crippen LogP) is 8.03. The predicted molar refractivity (Wildman–Crippen MR) is 117 cm³/mol. The summed E-state index contributed by atoms with van der Waals surface area (Å²) in [6.45, 7) is 5.84. The first-order valence-electron chi connectivity index (χ1n) is 7.86. The van der Waals surface area contributed by atoms with E-state index in [0.717, 1.165) is 5.56 Å². The number of alkyl halides is 8. The summed E-state index contributed by atoms with van der Waals surface area (Å²) in [5.74, 6) is 0. The smallest absolute Gasteiger partial charge is 0.115 e. The maximum atomic E-state index is 7.10. The number of benzene rings is 1. The van der Waals surface area contributed by atoms with Crippen molar-refractivity contribution in [3.05, 3.63) is 47.5 Å². The van der Waals surface area contributed by atoms with Crippen molar-refractivity contribution in [2.75, 3.05) is 0 Å². The van der Waals surface area contributed by atoms with Crippen LogP contribution in [-0.4, -0.2) is 23.3 Å². The Labute approximate surface area is 194 Å². The summed E-state index contributed by atoms with van der Waals surface area (Å²) in [4.78, 5) is -1.69. The maximum absolute atomic E-state index is 7.10. The summed E-state index contributed by atoms with van der Waals surface area (Å²) in [6.07, 6.45) is 1.69. The molecule has 0 heterocycles. The molecule has 1 aromatic carbocycles. The molecule has 0 aliphatic heterocycles. The van der Waals surface area contributed by atoms with Crippen LogP contribution in [-0.2, 0) is 5.41 Å². The van der Waals surface area contributed by atoms with Crippen LogP contribution in [0.25, 0.3) is 0 Å². The lowest BCUT2D eigenvalue weighted by atomic mass is 9.63. The highest BCUT2D eigenvalue weighted by Gasteiger charge is 2.84. The summed E-state index contributed by atoms with van der Waals surface area (Å²) >= 11 is 53.7. The Kier molecular flexibility index (Phi) is 5.19. The average molecular weight is 516 g/mol. The Balaban J connectivity index is 2.46. The lowest BCUT2D eigenvalue weighted by Crippen LogP contribution is -2.65. The lowest BCUT2D eigenvalue weighted by molar-refractivity contribution is 0.229. The Morgan fingerprint density at radius 3 is 1.77 bits per heavy atom. The van der Waals surface area contributed by atoms with Gasteiger partial charge in [0.25, 0.3) is 0 Å². The number of rotatable bonds is 1. The second-order valence-corrected chi connectivity index (χ2v) is 12.6. The van der Waals surface area contributed by atoms with Crippen LogP contribution >= 0.6 is 92.8 Å². The van der Waals surface area contributed by atoms with Crippen LogP contribution in [0.2, 0.25) is 0 Å². The molecule has 2 aliphatic carbocycles. The van der Waals surface area contributed by atoms with Gasteiger partial charge in [0.15, 0.2) is 8.67 Å². The Bertz CT molecular complexity index is 767. The third-order valence-corrected chi connectivity index (χ3v) is 12.2. The molecule has 0 spiro atoms. The molecule has 1 saturated carbocycles. The monoisotopic (exact) mass is 512 g/mol. The minimum absolute atomic E-state index is 0.606. The normalized spacial score (nSPS) is 39.2. The van der Waals surface area contributed by atoms with Crippen molar-refractivity contribution in [3.63, 3.8) is 0 Å². The molecule has 144 valence electrons. The van der Waals surface area contributed by atoms with Gasteiger partial charge in [-0.05, 0) is 11.1 Å². The molecule has 0 aromatic heterocycles. The van der Waals surface area contributed by atoms with Gasteiger partial charge in [0.2, 0.25) is 0 Å². The lowest BCUT2D eigenvalue weighted by Gasteiger charge is -2.52. The number of allylic oxidation sites excluding steroid dienone is 2. The molecule has 0 radical (unpaired) electrons. The van der Waals surface area contributed by atoms with Gasteiger partial charge in [0, 0.05) is 10.8 Å². The molecule has 26 heavy (non-hydrogen) atoms. The van der Waals surface area contributed by atoms with Crippen LogP contribution in [0.3, 0.4) is 0 Å². The molecule has 0 N–H and O–H groups in total. The second kappa shape index (κ2) is 6.14. The van der Waals surface area contributed by atoms with Gasteiger partial charge < -0.3 is 0 Å².